The topological polar surface area (TPSA) is 49.5 Å². The van der Waals surface area contributed by atoms with Crippen molar-refractivity contribution < 1.29 is 9.52 Å². The average Bonchev–Trinajstić information content (AvgIpc) is 2.49. The molecular formula is C10H16N2O2. The summed E-state index contributed by atoms with van der Waals surface area (Å²) in [6.07, 6.45) is 2.29. The highest BCUT2D eigenvalue weighted by atomic mass is 16.3. The van der Waals surface area contributed by atoms with Gasteiger partial charge in [0.15, 0.2) is 6.39 Å². The number of rotatable bonds is 3. The van der Waals surface area contributed by atoms with Gasteiger partial charge in [-0.25, -0.2) is 4.98 Å². The van der Waals surface area contributed by atoms with E-state index in [0.717, 1.165) is 37.5 Å². The minimum absolute atomic E-state index is 0.461. The molecule has 1 aromatic rings. The van der Waals surface area contributed by atoms with Gasteiger partial charge in [-0.05, 0) is 13.3 Å². The van der Waals surface area contributed by atoms with Gasteiger partial charge in [0.05, 0.1) is 11.3 Å². The van der Waals surface area contributed by atoms with Crippen molar-refractivity contribution in [2.75, 3.05) is 13.1 Å². The Morgan fingerprint density at radius 3 is 2.86 bits per heavy atom. The zero-order valence-electron chi connectivity index (χ0n) is 8.66. The first kappa shape index (κ1) is 9.68. The lowest BCUT2D eigenvalue weighted by atomic mass is 9.91. The van der Waals surface area contributed by atoms with Crippen LogP contribution in [0.2, 0.25) is 0 Å². The summed E-state index contributed by atoms with van der Waals surface area (Å²) >= 11 is 0. The molecule has 2 rings (SSSR count). The predicted octanol–water partition coefficient (Wildman–Crippen LogP) is 0.940. The van der Waals surface area contributed by atoms with E-state index < -0.39 is 5.60 Å². The summed E-state index contributed by atoms with van der Waals surface area (Å²) < 4.78 is 5.11. The van der Waals surface area contributed by atoms with Crippen molar-refractivity contribution in [2.24, 2.45) is 0 Å². The van der Waals surface area contributed by atoms with Crippen LogP contribution in [-0.4, -0.2) is 33.7 Å². The van der Waals surface area contributed by atoms with Crippen LogP contribution in [0.3, 0.4) is 0 Å². The predicted molar refractivity (Wildman–Crippen MR) is 51.8 cm³/mol. The lowest BCUT2D eigenvalue weighted by molar-refractivity contribution is -0.104. The van der Waals surface area contributed by atoms with Crippen LogP contribution in [0.5, 0.6) is 0 Å². The van der Waals surface area contributed by atoms with Crippen LogP contribution in [0.15, 0.2) is 10.8 Å². The van der Waals surface area contributed by atoms with Crippen LogP contribution in [0, 0.1) is 6.92 Å². The Balaban J connectivity index is 1.88. The summed E-state index contributed by atoms with van der Waals surface area (Å²) in [5.41, 5.74) is 0.514. The number of hydrogen-bond donors (Lipinski definition) is 1. The number of hydrogen-bond acceptors (Lipinski definition) is 4. The SMILES string of the molecule is CCC1(O)CN(Cc2ncoc2C)C1. The number of nitrogens with zero attached hydrogens (tertiary/aromatic N) is 2. The average molecular weight is 196 g/mol. The highest BCUT2D eigenvalue weighted by Crippen LogP contribution is 2.25. The Labute approximate surface area is 83.5 Å². The molecule has 0 unspecified atom stereocenters. The number of β-amino-alcohol motifs (C(OH)–C–C–N with tert-alkyl or cyclic N) is 1. The smallest absolute Gasteiger partial charge is 0.181 e. The summed E-state index contributed by atoms with van der Waals surface area (Å²) in [5.74, 6) is 0.872. The van der Waals surface area contributed by atoms with Gasteiger partial charge in [-0.1, -0.05) is 6.92 Å². The van der Waals surface area contributed by atoms with Gasteiger partial charge >= 0.3 is 0 Å². The van der Waals surface area contributed by atoms with Crippen LogP contribution < -0.4 is 0 Å². The molecule has 4 heteroatoms. The summed E-state index contributed by atoms with van der Waals surface area (Å²) in [6, 6.07) is 0. The largest absolute Gasteiger partial charge is 0.448 e. The summed E-state index contributed by atoms with van der Waals surface area (Å²) in [7, 11) is 0. The first-order chi connectivity index (χ1) is 6.63. The number of oxazole rings is 1. The second-order valence-electron chi connectivity index (χ2n) is 4.08. The second kappa shape index (κ2) is 3.37. The van der Waals surface area contributed by atoms with Gasteiger partial charge in [-0.3, -0.25) is 4.90 Å². The van der Waals surface area contributed by atoms with Crippen LogP contribution >= 0.6 is 0 Å². The van der Waals surface area contributed by atoms with Gasteiger partial charge in [0.1, 0.15) is 5.76 Å². The summed E-state index contributed by atoms with van der Waals surface area (Å²) in [5, 5.41) is 9.80. The van der Waals surface area contributed by atoms with Crippen LogP contribution in [0.1, 0.15) is 24.8 Å². The summed E-state index contributed by atoms with van der Waals surface area (Å²) in [6.45, 7) is 6.20. The molecule has 78 valence electrons. The maximum Gasteiger partial charge on any atom is 0.181 e. The highest BCUT2D eigenvalue weighted by Gasteiger charge is 2.39. The van der Waals surface area contributed by atoms with E-state index in [1.165, 1.54) is 6.39 Å². The molecule has 0 aromatic carbocycles. The minimum Gasteiger partial charge on any atom is -0.448 e. The highest BCUT2D eigenvalue weighted by molar-refractivity contribution is 5.07. The number of aliphatic hydroxyl groups is 1. The Hall–Kier alpha value is -0.870. The van der Waals surface area contributed by atoms with Crippen molar-refractivity contribution in [3.63, 3.8) is 0 Å². The lowest BCUT2D eigenvalue weighted by Gasteiger charge is -2.45. The molecule has 0 spiro atoms. The molecule has 2 heterocycles. The van der Waals surface area contributed by atoms with Gasteiger partial charge in [0.25, 0.3) is 0 Å². The van der Waals surface area contributed by atoms with Crippen molar-refractivity contribution in [3.8, 4) is 0 Å². The van der Waals surface area contributed by atoms with Crippen molar-refractivity contribution >= 4 is 0 Å². The van der Waals surface area contributed by atoms with Gasteiger partial charge in [-0.15, -0.1) is 0 Å². The van der Waals surface area contributed by atoms with Crippen molar-refractivity contribution in [2.45, 2.75) is 32.4 Å². The Bertz CT molecular complexity index is 316. The lowest BCUT2D eigenvalue weighted by Crippen LogP contribution is -2.60. The Kier molecular flexibility index (Phi) is 2.33. The van der Waals surface area contributed by atoms with Crippen LogP contribution in [-0.2, 0) is 6.54 Å². The third kappa shape index (κ3) is 1.67. The number of likely N-dealkylation sites (tertiary alicyclic amines) is 1. The van der Waals surface area contributed by atoms with E-state index in [9.17, 15) is 5.11 Å². The van der Waals surface area contributed by atoms with E-state index >= 15 is 0 Å². The fraction of sp³-hybridized carbons (Fsp3) is 0.700. The van der Waals surface area contributed by atoms with Gasteiger partial charge in [-0.2, -0.15) is 0 Å². The van der Waals surface area contributed by atoms with E-state index in [1.54, 1.807) is 0 Å². The monoisotopic (exact) mass is 196 g/mol. The molecule has 0 aliphatic carbocycles. The zero-order chi connectivity index (χ0) is 10.2. The molecule has 1 N–H and O–H groups in total. The van der Waals surface area contributed by atoms with Crippen molar-refractivity contribution in [1.29, 1.82) is 0 Å². The molecule has 14 heavy (non-hydrogen) atoms. The first-order valence-electron chi connectivity index (χ1n) is 4.97. The first-order valence-corrected chi connectivity index (χ1v) is 4.97. The van der Waals surface area contributed by atoms with E-state index in [1.807, 2.05) is 13.8 Å². The maximum atomic E-state index is 9.80. The van der Waals surface area contributed by atoms with Crippen molar-refractivity contribution in [1.82, 2.24) is 9.88 Å². The molecule has 0 atom stereocenters. The molecule has 1 aliphatic rings. The Morgan fingerprint density at radius 2 is 2.36 bits per heavy atom. The molecular weight excluding hydrogens is 180 g/mol. The van der Waals surface area contributed by atoms with Gasteiger partial charge in [0, 0.05) is 19.6 Å². The molecule has 0 amide bonds. The number of aryl methyl sites for hydroxylation is 1. The van der Waals surface area contributed by atoms with E-state index in [2.05, 4.69) is 9.88 Å². The van der Waals surface area contributed by atoms with E-state index in [-0.39, 0.29) is 0 Å². The third-order valence-electron chi connectivity index (χ3n) is 2.91. The van der Waals surface area contributed by atoms with Crippen molar-refractivity contribution in [3.05, 3.63) is 17.8 Å². The fourth-order valence-electron chi connectivity index (χ4n) is 1.81. The molecule has 0 bridgehead atoms. The third-order valence-corrected chi connectivity index (χ3v) is 2.91. The fourth-order valence-corrected chi connectivity index (χ4v) is 1.81. The molecule has 1 fully saturated rings. The zero-order valence-corrected chi connectivity index (χ0v) is 8.66. The molecule has 1 aliphatic heterocycles. The van der Waals surface area contributed by atoms with E-state index in [4.69, 9.17) is 4.42 Å². The maximum absolute atomic E-state index is 9.80. The standard InChI is InChI=1S/C10H16N2O2/c1-3-10(13)5-12(6-10)4-9-8(2)14-7-11-9/h7,13H,3-6H2,1-2H3. The quantitative estimate of drug-likeness (QED) is 0.781. The molecule has 1 saturated heterocycles. The van der Waals surface area contributed by atoms with Gasteiger partial charge < -0.3 is 9.52 Å². The molecule has 0 saturated carbocycles. The normalized spacial score (nSPS) is 20.8. The molecule has 1 aromatic heterocycles. The second-order valence-corrected chi connectivity index (χ2v) is 4.08. The van der Waals surface area contributed by atoms with E-state index in [0.29, 0.717) is 0 Å². The minimum atomic E-state index is -0.461. The van der Waals surface area contributed by atoms with Crippen LogP contribution in [0.25, 0.3) is 0 Å². The number of aromatic nitrogens is 1. The van der Waals surface area contributed by atoms with Gasteiger partial charge in [0.2, 0.25) is 0 Å². The Morgan fingerprint density at radius 1 is 1.64 bits per heavy atom. The van der Waals surface area contributed by atoms with Crippen LogP contribution in [0.4, 0.5) is 0 Å². The molecule has 0 radical (unpaired) electrons. The molecule has 4 nitrogen and oxygen atoms in total. The summed E-state index contributed by atoms with van der Waals surface area (Å²) in [4.78, 5) is 6.30.